The summed E-state index contributed by atoms with van der Waals surface area (Å²) in [6.07, 6.45) is 3.43. The van der Waals surface area contributed by atoms with Gasteiger partial charge >= 0.3 is 0 Å². The minimum Gasteiger partial charge on any atom is -0.393 e. The van der Waals surface area contributed by atoms with E-state index in [1.54, 1.807) is 25.1 Å². The van der Waals surface area contributed by atoms with Crippen LogP contribution in [0.5, 0.6) is 0 Å². The SMILES string of the molecule is C[C@H]1/C=C/C(=O)NCC[C@H](O)C[C@H](NC(=O)[C@@H](NC(=O)/C=C/c2ccccc2)[C@@H](C)O)C(=O)N1. The van der Waals surface area contributed by atoms with Crippen molar-refractivity contribution in [3.63, 3.8) is 0 Å². The summed E-state index contributed by atoms with van der Waals surface area (Å²) >= 11 is 0. The van der Waals surface area contributed by atoms with Crippen LogP contribution in [0.1, 0.15) is 32.3 Å². The molecule has 5 atom stereocenters. The van der Waals surface area contributed by atoms with Crippen LogP contribution in [-0.4, -0.2) is 70.7 Å². The molecule has 0 spiro atoms. The fourth-order valence-corrected chi connectivity index (χ4v) is 3.25. The smallest absolute Gasteiger partial charge is 0.245 e. The minimum absolute atomic E-state index is 0.113. The Bertz CT molecular complexity index is 915. The van der Waals surface area contributed by atoms with Crippen molar-refractivity contribution in [3.8, 4) is 0 Å². The molecule has 1 heterocycles. The molecule has 10 nitrogen and oxygen atoms in total. The van der Waals surface area contributed by atoms with Crippen LogP contribution in [0.3, 0.4) is 0 Å². The van der Waals surface area contributed by atoms with Gasteiger partial charge in [-0.1, -0.05) is 36.4 Å². The fourth-order valence-electron chi connectivity index (χ4n) is 3.25. The highest BCUT2D eigenvalue weighted by Gasteiger charge is 2.31. The van der Waals surface area contributed by atoms with E-state index in [9.17, 15) is 29.4 Å². The Morgan fingerprint density at radius 2 is 1.91 bits per heavy atom. The summed E-state index contributed by atoms with van der Waals surface area (Å²) in [5.74, 6) is -2.27. The molecule has 0 saturated heterocycles. The lowest BCUT2D eigenvalue weighted by Gasteiger charge is -2.26. The van der Waals surface area contributed by atoms with E-state index in [0.717, 1.165) is 5.56 Å². The van der Waals surface area contributed by atoms with Gasteiger partial charge in [0, 0.05) is 31.2 Å². The predicted molar refractivity (Wildman–Crippen MR) is 126 cm³/mol. The van der Waals surface area contributed by atoms with Gasteiger partial charge in [-0.3, -0.25) is 19.2 Å². The van der Waals surface area contributed by atoms with Crippen molar-refractivity contribution in [2.45, 2.75) is 57.0 Å². The number of nitrogens with one attached hydrogen (secondary N) is 4. The lowest BCUT2D eigenvalue weighted by Crippen LogP contribution is -2.58. The van der Waals surface area contributed by atoms with Gasteiger partial charge in [-0.05, 0) is 31.9 Å². The Morgan fingerprint density at radius 1 is 1.21 bits per heavy atom. The molecular formula is C24H32N4O6. The van der Waals surface area contributed by atoms with Crippen molar-refractivity contribution in [1.82, 2.24) is 21.3 Å². The van der Waals surface area contributed by atoms with E-state index in [1.165, 1.54) is 25.2 Å². The monoisotopic (exact) mass is 472 g/mol. The summed E-state index contributed by atoms with van der Waals surface area (Å²) in [4.78, 5) is 49.6. The van der Waals surface area contributed by atoms with Crippen LogP contribution in [0, 0.1) is 0 Å². The molecule has 1 aliphatic rings. The first kappa shape index (κ1) is 26.7. The van der Waals surface area contributed by atoms with Crippen LogP contribution in [0.2, 0.25) is 0 Å². The van der Waals surface area contributed by atoms with E-state index in [4.69, 9.17) is 0 Å². The molecule has 0 bridgehead atoms. The Hall–Kier alpha value is -3.50. The maximum atomic E-state index is 12.9. The van der Waals surface area contributed by atoms with E-state index in [-0.39, 0.29) is 25.3 Å². The number of benzene rings is 1. The number of aliphatic hydroxyl groups is 2. The molecule has 1 aliphatic heterocycles. The summed E-state index contributed by atoms with van der Waals surface area (Å²) in [5, 5.41) is 30.6. The molecule has 6 N–H and O–H groups in total. The third kappa shape index (κ3) is 9.16. The maximum absolute atomic E-state index is 12.9. The van der Waals surface area contributed by atoms with Gasteiger partial charge in [0.1, 0.15) is 12.1 Å². The molecule has 34 heavy (non-hydrogen) atoms. The Labute approximate surface area is 198 Å². The van der Waals surface area contributed by atoms with E-state index < -0.39 is 48.1 Å². The topological polar surface area (TPSA) is 157 Å². The summed E-state index contributed by atoms with van der Waals surface area (Å²) in [5.41, 5.74) is 0.786. The highest BCUT2D eigenvalue weighted by molar-refractivity contribution is 5.97. The van der Waals surface area contributed by atoms with Gasteiger partial charge in [0.05, 0.1) is 12.2 Å². The summed E-state index contributed by atoms with van der Waals surface area (Å²) in [7, 11) is 0. The molecule has 1 aromatic carbocycles. The maximum Gasteiger partial charge on any atom is 0.245 e. The summed E-state index contributed by atoms with van der Waals surface area (Å²) in [6, 6.07) is 6.13. The van der Waals surface area contributed by atoms with Crippen molar-refractivity contribution < 1.29 is 29.4 Å². The van der Waals surface area contributed by atoms with Crippen LogP contribution in [0.15, 0.2) is 48.6 Å². The minimum atomic E-state index is -1.32. The Morgan fingerprint density at radius 3 is 2.59 bits per heavy atom. The summed E-state index contributed by atoms with van der Waals surface area (Å²) < 4.78 is 0. The molecule has 0 saturated carbocycles. The number of hydrogen-bond donors (Lipinski definition) is 6. The average Bonchev–Trinajstić information content (AvgIpc) is 2.79. The molecular weight excluding hydrogens is 440 g/mol. The molecule has 4 amide bonds. The van der Waals surface area contributed by atoms with Crippen LogP contribution in [0.25, 0.3) is 6.08 Å². The first-order chi connectivity index (χ1) is 16.2. The van der Waals surface area contributed by atoms with Gasteiger partial charge in [0.15, 0.2) is 0 Å². The normalized spacial score (nSPS) is 24.5. The molecule has 0 aliphatic carbocycles. The van der Waals surface area contributed by atoms with Crippen molar-refractivity contribution in [2.24, 2.45) is 0 Å². The van der Waals surface area contributed by atoms with Gasteiger partial charge in [0.25, 0.3) is 0 Å². The Kier molecular flexibility index (Phi) is 10.4. The highest BCUT2D eigenvalue weighted by atomic mass is 16.3. The lowest BCUT2D eigenvalue weighted by molar-refractivity contribution is -0.134. The molecule has 2 rings (SSSR count). The molecule has 0 fully saturated rings. The first-order valence-corrected chi connectivity index (χ1v) is 11.1. The number of carbonyl (C=O) groups is 4. The zero-order valence-electron chi connectivity index (χ0n) is 19.2. The molecule has 0 aromatic heterocycles. The molecule has 184 valence electrons. The zero-order valence-corrected chi connectivity index (χ0v) is 19.2. The molecule has 1 aromatic rings. The van der Waals surface area contributed by atoms with Crippen LogP contribution < -0.4 is 21.3 Å². The fraction of sp³-hybridized carbons (Fsp3) is 0.417. The van der Waals surface area contributed by atoms with Crippen LogP contribution >= 0.6 is 0 Å². The van der Waals surface area contributed by atoms with Gasteiger partial charge < -0.3 is 31.5 Å². The largest absolute Gasteiger partial charge is 0.393 e. The van der Waals surface area contributed by atoms with Crippen molar-refractivity contribution >= 4 is 29.7 Å². The van der Waals surface area contributed by atoms with E-state index >= 15 is 0 Å². The van der Waals surface area contributed by atoms with E-state index in [1.807, 2.05) is 18.2 Å². The second-order valence-corrected chi connectivity index (χ2v) is 8.16. The third-order valence-electron chi connectivity index (χ3n) is 5.11. The van der Waals surface area contributed by atoms with E-state index in [0.29, 0.717) is 0 Å². The van der Waals surface area contributed by atoms with Crippen LogP contribution in [0.4, 0.5) is 0 Å². The van der Waals surface area contributed by atoms with Crippen molar-refractivity contribution in [1.29, 1.82) is 0 Å². The lowest BCUT2D eigenvalue weighted by atomic mass is 10.0. The number of aliphatic hydroxyl groups excluding tert-OH is 2. The number of amides is 4. The first-order valence-electron chi connectivity index (χ1n) is 11.1. The summed E-state index contributed by atoms with van der Waals surface area (Å²) in [6.45, 7) is 3.19. The van der Waals surface area contributed by atoms with Crippen molar-refractivity contribution in [3.05, 3.63) is 54.1 Å². The average molecular weight is 473 g/mol. The van der Waals surface area contributed by atoms with Gasteiger partial charge in [-0.2, -0.15) is 0 Å². The molecule has 0 radical (unpaired) electrons. The predicted octanol–water partition coefficient (Wildman–Crippen LogP) is -0.618. The highest BCUT2D eigenvalue weighted by Crippen LogP contribution is 2.07. The Balaban J connectivity index is 2.09. The standard InChI is InChI=1S/C24H32N4O6/c1-15-8-10-20(31)25-13-12-18(30)14-19(23(33)26-15)27-24(34)22(16(2)29)28-21(32)11-9-17-6-4-3-5-7-17/h3-11,15-16,18-19,22,29-30H,12-14H2,1-2H3,(H,25,31)(H,26,33)(H,27,34)(H,28,32)/b10-8+,11-9+/t15-,16+,18-,19-,22-/m0/s1. The van der Waals surface area contributed by atoms with Gasteiger partial charge in [-0.15, -0.1) is 0 Å². The van der Waals surface area contributed by atoms with Crippen LogP contribution in [-0.2, 0) is 19.2 Å². The number of hydrogen-bond acceptors (Lipinski definition) is 6. The van der Waals surface area contributed by atoms with E-state index in [2.05, 4.69) is 21.3 Å². The van der Waals surface area contributed by atoms with Gasteiger partial charge in [-0.25, -0.2) is 0 Å². The third-order valence-corrected chi connectivity index (χ3v) is 5.11. The zero-order chi connectivity index (χ0) is 25.1. The number of rotatable bonds is 6. The quantitative estimate of drug-likeness (QED) is 0.303. The second-order valence-electron chi connectivity index (χ2n) is 8.16. The van der Waals surface area contributed by atoms with Gasteiger partial charge in [0.2, 0.25) is 23.6 Å². The van der Waals surface area contributed by atoms with Crippen molar-refractivity contribution in [2.75, 3.05) is 6.54 Å². The molecule has 0 unspecified atom stereocenters. The second kappa shape index (κ2) is 13.3. The number of carbonyl (C=O) groups excluding carboxylic acids is 4. The molecule has 10 heteroatoms.